The molecule has 3 nitrogen and oxygen atoms in total. The lowest BCUT2D eigenvalue weighted by Gasteiger charge is -2.06. The minimum Gasteiger partial charge on any atom is -0.243 e. The summed E-state index contributed by atoms with van der Waals surface area (Å²) in [5.41, 5.74) is 2.87. The van der Waals surface area contributed by atoms with Crippen molar-refractivity contribution in [3.63, 3.8) is 0 Å². The molecule has 0 aliphatic heterocycles. The maximum Gasteiger partial charge on any atom is 0.135 e. The third-order valence-electron chi connectivity index (χ3n) is 2.92. The molecule has 0 unspecified atom stereocenters. The van der Waals surface area contributed by atoms with Crippen LogP contribution in [-0.4, -0.2) is 10.3 Å². The standard InChI is InChI=1S/C12H9FN2O/c1-6-3-10(13)7(2)9-5-12-11(4-8(6)9)14-16-15-12/h3-5H,1-2H3. The van der Waals surface area contributed by atoms with Crippen LogP contribution in [0.25, 0.3) is 21.8 Å². The van der Waals surface area contributed by atoms with Crippen LogP contribution in [-0.2, 0) is 0 Å². The van der Waals surface area contributed by atoms with Crippen molar-refractivity contribution in [1.29, 1.82) is 0 Å². The topological polar surface area (TPSA) is 38.9 Å². The van der Waals surface area contributed by atoms with E-state index in [0.29, 0.717) is 16.6 Å². The van der Waals surface area contributed by atoms with E-state index < -0.39 is 0 Å². The highest BCUT2D eigenvalue weighted by molar-refractivity contribution is 5.98. The van der Waals surface area contributed by atoms with Gasteiger partial charge in [0.1, 0.15) is 16.9 Å². The fourth-order valence-corrected chi connectivity index (χ4v) is 1.97. The molecule has 1 aromatic heterocycles. The van der Waals surface area contributed by atoms with Crippen molar-refractivity contribution < 1.29 is 9.02 Å². The first-order valence-corrected chi connectivity index (χ1v) is 4.98. The third-order valence-corrected chi connectivity index (χ3v) is 2.92. The summed E-state index contributed by atoms with van der Waals surface area (Å²) < 4.78 is 18.2. The van der Waals surface area contributed by atoms with Crippen molar-refractivity contribution in [3.05, 3.63) is 35.1 Å². The second-order valence-corrected chi connectivity index (χ2v) is 3.95. The second-order valence-electron chi connectivity index (χ2n) is 3.95. The summed E-state index contributed by atoms with van der Waals surface area (Å²) in [7, 11) is 0. The quantitative estimate of drug-likeness (QED) is 0.579. The molecule has 1 heterocycles. The molecule has 0 bridgehead atoms. The summed E-state index contributed by atoms with van der Waals surface area (Å²) in [6, 6.07) is 5.23. The van der Waals surface area contributed by atoms with Crippen LogP contribution < -0.4 is 0 Å². The molecule has 0 spiro atoms. The van der Waals surface area contributed by atoms with Gasteiger partial charge in [0.2, 0.25) is 0 Å². The van der Waals surface area contributed by atoms with Crippen molar-refractivity contribution in [2.45, 2.75) is 13.8 Å². The maximum absolute atomic E-state index is 13.6. The van der Waals surface area contributed by atoms with Crippen LogP contribution in [0, 0.1) is 19.7 Å². The van der Waals surface area contributed by atoms with Gasteiger partial charge >= 0.3 is 0 Å². The van der Waals surface area contributed by atoms with Gasteiger partial charge in [-0.15, -0.1) is 0 Å². The van der Waals surface area contributed by atoms with Crippen LogP contribution in [0.2, 0.25) is 0 Å². The Morgan fingerprint density at radius 2 is 1.62 bits per heavy atom. The van der Waals surface area contributed by atoms with E-state index in [9.17, 15) is 4.39 Å². The van der Waals surface area contributed by atoms with Crippen LogP contribution >= 0.6 is 0 Å². The zero-order chi connectivity index (χ0) is 11.3. The summed E-state index contributed by atoms with van der Waals surface area (Å²) in [5.74, 6) is -0.194. The highest BCUT2D eigenvalue weighted by Gasteiger charge is 2.10. The lowest BCUT2D eigenvalue weighted by Crippen LogP contribution is -1.89. The predicted octanol–water partition coefficient (Wildman–Crippen LogP) is 3.13. The minimum atomic E-state index is -0.194. The highest BCUT2D eigenvalue weighted by atomic mass is 19.1. The summed E-state index contributed by atoms with van der Waals surface area (Å²) in [4.78, 5) is 0. The molecule has 0 saturated carbocycles. The van der Waals surface area contributed by atoms with E-state index in [2.05, 4.69) is 14.9 Å². The molecule has 0 atom stereocenters. The van der Waals surface area contributed by atoms with Gasteiger partial charge in [-0.1, -0.05) is 0 Å². The van der Waals surface area contributed by atoms with E-state index in [1.54, 1.807) is 6.92 Å². The van der Waals surface area contributed by atoms with Gasteiger partial charge in [0.05, 0.1) is 0 Å². The average Bonchev–Trinajstić information content (AvgIpc) is 2.71. The van der Waals surface area contributed by atoms with Crippen molar-refractivity contribution in [3.8, 4) is 0 Å². The second kappa shape index (κ2) is 3.01. The number of aryl methyl sites for hydroxylation is 2. The number of nitrogens with zero attached hydrogens (tertiary/aromatic N) is 2. The predicted molar refractivity (Wildman–Crippen MR) is 58.7 cm³/mol. The molecule has 80 valence electrons. The summed E-state index contributed by atoms with van der Waals surface area (Å²) in [5, 5.41) is 9.39. The molecule has 0 N–H and O–H groups in total. The van der Waals surface area contributed by atoms with Crippen LogP contribution in [0.1, 0.15) is 11.1 Å². The molecular weight excluding hydrogens is 207 g/mol. The molecule has 0 aliphatic rings. The van der Waals surface area contributed by atoms with Gasteiger partial charge in [-0.05, 0) is 64.3 Å². The Morgan fingerprint density at radius 3 is 2.31 bits per heavy atom. The largest absolute Gasteiger partial charge is 0.243 e. The molecule has 3 aromatic rings. The first-order valence-electron chi connectivity index (χ1n) is 4.98. The van der Waals surface area contributed by atoms with E-state index in [1.165, 1.54) is 6.07 Å². The summed E-state index contributed by atoms with van der Waals surface area (Å²) in [6.07, 6.45) is 0. The number of fused-ring (bicyclic) bond motifs is 2. The Hall–Kier alpha value is -1.97. The molecule has 0 amide bonds. The van der Waals surface area contributed by atoms with E-state index >= 15 is 0 Å². The van der Waals surface area contributed by atoms with Gasteiger partial charge in [0, 0.05) is 0 Å². The zero-order valence-electron chi connectivity index (χ0n) is 8.91. The number of halogens is 1. The van der Waals surface area contributed by atoms with Crippen LogP contribution in [0.4, 0.5) is 4.39 Å². The summed E-state index contributed by atoms with van der Waals surface area (Å²) >= 11 is 0. The Morgan fingerprint density at radius 1 is 1.00 bits per heavy atom. The van der Waals surface area contributed by atoms with Gasteiger partial charge in [-0.2, -0.15) is 0 Å². The van der Waals surface area contributed by atoms with Gasteiger partial charge < -0.3 is 0 Å². The van der Waals surface area contributed by atoms with E-state index in [4.69, 9.17) is 0 Å². The van der Waals surface area contributed by atoms with Crippen LogP contribution in [0.15, 0.2) is 22.8 Å². The molecule has 3 rings (SSSR count). The van der Waals surface area contributed by atoms with Crippen LogP contribution in [0.3, 0.4) is 0 Å². The van der Waals surface area contributed by atoms with Crippen molar-refractivity contribution in [2.75, 3.05) is 0 Å². The Balaban J connectivity index is 2.58. The third kappa shape index (κ3) is 1.13. The number of benzene rings is 2. The van der Waals surface area contributed by atoms with Crippen LogP contribution in [0.5, 0.6) is 0 Å². The molecule has 2 aromatic carbocycles. The fourth-order valence-electron chi connectivity index (χ4n) is 1.97. The van der Waals surface area contributed by atoms with Crippen molar-refractivity contribution in [2.24, 2.45) is 0 Å². The van der Waals surface area contributed by atoms with Crippen molar-refractivity contribution in [1.82, 2.24) is 10.3 Å². The van der Waals surface area contributed by atoms with E-state index in [-0.39, 0.29) is 5.82 Å². The van der Waals surface area contributed by atoms with Gasteiger partial charge in [0.15, 0.2) is 0 Å². The molecule has 0 aliphatic carbocycles. The number of hydrogen-bond donors (Lipinski definition) is 0. The molecule has 4 heteroatoms. The lowest BCUT2D eigenvalue weighted by atomic mass is 10.00. The Labute approximate surface area is 90.8 Å². The maximum atomic E-state index is 13.6. The number of rotatable bonds is 0. The molecule has 0 radical (unpaired) electrons. The van der Waals surface area contributed by atoms with Gasteiger partial charge in [-0.25, -0.2) is 9.02 Å². The lowest BCUT2D eigenvalue weighted by molar-refractivity contribution is 0.315. The van der Waals surface area contributed by atoms with E-state index in [1.807, 2.05) is 19.1 Å². The number of hydrogen-bond acceptors (Lipinski definition) is 3. The van der Waals surface area contributed by atoms with Gasteiger partial charge in [0.25, 0.3) is 0 Å². The minimum absolute atomic E-state index is 0.194. The van der Waals surface area contributed by atoms with E-state index in [0.717, 1.165) is 16.3 Å². The Bertz CT molecular complexity index is 703. The Kier molecular flexibility index (Phi) is 1.74. The monoisotopic (exact) mass is 216 g/mol. The first kappa shape index (κ1) is 9.27. The highest BCUT2D eigenvalue weighted by Crippen LogP contribution is 2.27. The van der Waals surface area contributed by atoms with Gasteiger partial charge in [-0.3, -0.25) is 0 Å². The normalized spacial score (nSPS) is 11.4. The SMILES string of the molecule is Cc1cc(F)c(C)c2cc3nonc3cc12. The zero-order valence-corrected chi connectivity index (χ0v) is 8.91. The summed E-state index contributed by atoms with van der Waals surface area (Å²) in [6.45, 7) is 3.64. The fraction of sp³-hybridized carbons (Fsp3) is 0.167. The molecule has 0 saturated heterocycles. The average molecular weight is 216 g/mol. The number of aromatic nitrogens is 2. The molecular formula is C12H9FN2O. The molecule has 16 heavy (non-hydrogen) atoms. The van der Waals surface area contributed by atoms with Crippen molar-refractivity contribution >= 4 is 21.8 Å². The molecule has 0 fully saturated rings. The first-order chi connectivity index (χ1) is 7.66. The smallest absolute Gasteiger partial charge is 0.135 e.